The monoisotopic (exact) mass is 630 g/mol. The molecule has 0 fully saturated rings. The third-order valence-electron chi connectivity index (χ3n) is 6.89. The molecule has 0 aliphatic carbocycles. The summed E-state index contributed by atoms with van der Waals surface area (Å²) in [5.74, 6) is 1.23. The third-order valence-corrected chi connectivity index (χ3v) is 7.72. The molecule has 0 saturated heterocycles. The highest BCUT2D eigenvalue weighted by molar-refractivity contribution is 7.09. The summed E-state index contributed by atoms with van der Waals surface area (Å²) in [6.07, 6.45) is 18.1. The van der Waals surface area contributed by atoms with Gasteiger partial charge in [0, 0.05) is 24.2 Å². The molecule has 2 aromatic carbocycles. The number of ether oxygens (including phenoxy) is 2. The number of hydrogen-bond acceptors (Lipinski definition) is 4. The van der Waals surface area contributed by atoms with E-state index in [4.69, 9.17) is 9.47 Å². The quantitative estimate of drug-likeness (QED) is 0.133. The number of thiazole rings is 1. The molecule has 0 atom stereocenters. The van der Waals surface area contributed by atoms with Gasteiger partial charge in [-0.25, -0.2) is 0 Å². The van der Waals surface area contributed by atoms with Crippen LogP contribution in [0, 0.1) is 6.92 Å². The van der Waals surface area contributed by atoms with Gasteiger partial charge in [-0.05, 0) is 30.7 Å². The van der Waals surface area contributed by atoms with Crippen molar-refractivity contribution >= 4 is 22.9 Å². The number of benzene rings is 2. The molecule has 0 radical (unpaired) electrons. The number of anilines is 1. The minimum Gasteiger partial charge on any atom is -1.00 e. The molecule has 0 unspecified atom stereocenters. The summed E-state index contributed by atoms with van der Waals surface area (Å²) in [7, 11) is 0. The van der Waals surface area contributed by atoms with Crippen molar-refractivity contribution in [1.82, 2.24) is 0 Å². The van der Waals surface area contributed by atoms with Gasteiger partial charge in [0.1, 0.15) is 11.5 Å². The van der Waals surface area contributed by atoms with E-state index in [-0.39, 0.29) is 29.5 Å². The molecule has 7 heteroatoms. The first-order valence-electron chi connectivity index (χ1n) is 14.8. The second kappa shape index (κ2) is 20.5. The molecule has 1 aromatic heterocycles. The first-order chi connectivity index (χ1) is 19.1. The smallest absolute Gasteiger partial charge is 0.262 e. The van der Waals surface area contributed by atoms with Crippen LogP contribution < -0.4 is 36.3 Å². The Balaban J connectivity index is 0.00000560. The summed E-state index contributed by atoms with van der Waals surface area (Å²) in [5, 5.41) is 6.27. The molecule has 3 aromatic rings. The second-order valence-corrected chi connectivity index (χ2v) is 11.4. The minimum atomic E-state index is -0.186. The highest BCUT2D eigenvalue weighted by atomic mass is 79.9. The number of nitrogens with one attached hydrogen (secondary N) is 1. The Morgan fingerprint density at radius 3 is 2.10 bits per heavy atom. The molecule has 0 aliphatic rings. The van der Waals surface area contributed by atoms with Gasteiger partial charge < -0.3 is 31.8 Å². The molecule has 1 heterocycles. The normalized spacial score (nSPS) is 10.7. The molecule has 5 nitrogen and oxygen atoms in total. The Hall–Kier alpha value is -2.38. The van der Waals surface area contributed by atoms with Gasteiger partial charge in [-0.3, -0.25) is 4.79 Å². The topological polar surface area (TPSA) is 51.4 Å². The zero-order chi connectivity index (χ0) is 27.5. The molecule has 0 spiro atoms. The molecular weight excluding hydrogens is 584 g/mol. The zero-order valence-corrected chi connectivity index (χ0v) is 26.7. The van der Waals surface area contributed by atoms with E-state index in [9.17, 15) is 4.79 Å². The Labute approximate surface area is 256 Å². The van der Waals surface area contributed by atoms with Crippen LogP contribution in [-0.4, -0.2) is 19.1 Å². The van der Waals surface area contributed by atoms with Crippen molar-refractivity contribution < 1.29 is 35.8 Å². The number of carbonyl (C=O) groups is 1. The van der Waals surface area contributed by atoms with E-state index in [2.05, 4.69) is 41.4 Å². The summed E-state index contributed by atoms with van der Waals surface area (Å²) < 4.78 is 13.9. The molecule has 0 bridgehead atoms. The lowest BCUT2D eigenvalue weighted by atomic mass is 10.1. The molecule has 1 amide bonds. The highest BCUT2D eigenvalue weighted by Crippen LogP contribution is 2.20. The number of aromatic nitrogens is 1. The lowest BCUT2D eigenvalue weighted by molar-refractivity contribution is -0.689. The summed E-state index contributed by atoms with van der Waals surface area (Å²) >= 11 is 1.72. The van der Waals surface area contributed by atoms with Crippen molar-refractivity contribution in [2.24, 2.45) is 0 Å². The summed E-state index contributed by atoms with van der Waals surface area (Å²) in [5.41, 5.74) is 1.91. The van der Waals surface area contributed by atoms with E-state index in [1.54, 1.807) is 11.3 Å². The molecule has 0 saturated carbocycles. The van der Waals surface area contributed by atoms with Gasteiger partial charge in [-0.2, -0.15) is 4.57 Å². The van der Waals surface area contributed by atoms with E-state index in [0.717, 1.165) is 30.0 Å². The molecule has 40 heavy (non-hydrogen) atoms. The van der Waals surface area contributed by atoms with E-state index in [1.807, 2.05) is 42.5 Å². The predicted molar refractivity (Wildman–Crippen MR) is 162 cm³/mol. The summed E-state index contributed by atoms with van der Waals surface area (Å²) in [6.45, 7) is 5.81. The number of aryl methyl sites for hydroxylation is 1. The van der Waals surface area contributed by atoms with Crippen LogP contribution in [0.25, 0.3) is 0 Å². The number of carbonyl (C=O) groups excluding carboxylic acids is 1. The minimum absolute atomic E-state index is 0. The fourth-order valence-corrected chi connectivity index (χ4v) is 5.28. The number of unbranched alkanes of at least 4 members (excludes halogenated alkanes) is 11. The maximum absolute atomic E-state index is 12.5. The van der Waals surface area contributed by atoms with Crippen molar-refractivity contribution in [2.75, 3.05) is 18.5 Å². The highest BCUT2D eigenvalue weighted by Gasteiger charge is 2.10. The second-order valence-electron chi connectivity index (χ2n) is 10.3. The van der Waals surface area contributed by atoms with Crippen LogP contribution in [0.5, 0.6) is 11.5 Å². The van der Waals surface area contributed by atoms with E-state index in [1.165, 1.54) is 75.6 Å². The Bertz CT molecular complexity index is 1100. The Morgan fingerprint density at radius 1 is 0.825 bits per heavy atom. The number of rotatable bonds is 20. The van der Waals surface area contributed by atoms with Crippen LogP contribution >= 0.6 is 11.3 Å². The van der Waals surface area contributed by atoms with Gasteiger partial charge in [0.05, 0.1) is 12.0 Å². The van der Waals surface area contributed by atoms with E-state index >= 15 is 0 Å². The molecule has 1 N–H and O–H groups in total. The van der Waals surface area contributed by atoms with Crippen molar-refractivity contribution in [3.05, 3.63) is 70.7 Å². The van der Waals surface area contributed by atoms with Gasteiger partial charge in [0.2, 0.25) is 5.01 Å². The summed E-state index contributed by atoms with van der Waals surface area (Å²) in [6, 6.07) is 15.5. The SMILES string of the molecule is CCCCCCCCCCCCCCOc1cccc(OCC(=O)Nc2cccc(C[n+]3ccsc3C)c2)c1.[Br-]. The van der Waals surface area contributed by atoms with Crippen molar-refractivity contribution in [1.29, 1.82) is 0 Å². The number of hydrogen-bond donors (Lipinski definition) is 1. The number of nitrogens with zero attached hydrogens (tertiary/aromatic N) is 1. The maximum Gasteiger partial charge on any atom is 0.262 e. The first-order valence-corrected chi connectivity index (χ1v) is 15.7. The van der Waals surface area contributed by atoms with Crippen molar-refractivity contribution in [3.63, 3.8) is 0 Å². The molecular formula is C33H47BrN2O3S. The maximum atomic E-state index is 12.5. The van der Waals surface area contributed by atoms with Gasteiger partial charge >= 0.3 is 0 Å². The van der Waals surface area contributed by atoms with Crippen LogP contribution in [0.3, 0.4) is 0 Å². The summed E-state index contributed by atoms with van der Waals surface area (Å²) in [4.78, 5) is 12.5. The van der Waals surface area contributed by atoms with Gasteiger partial charge in [-0.1, -0.05) is 107 Å². The lowest BCUT2D eigenvalue weighted by Gasteiger charge is -2.10. The number of amides is 1. The van der Waals surface area contributed by atoms with Crippen LogP contribution in [0.15, 0.2) is 60.1 Å². The standard InChI is InChI=1S/C33H46N2O3S.BrH/c1-3-4-5-6-7-8-9-10-11-12-13-14-22-37-31-19-16-20-32(25-31)38-27-33(36)34-30-18-15-17-29(24-30)26-35-21-23-39-28(35)2;/h15-21,23-25H,3-14,22,26-27H2,1-2H3;1H. The van der Waals surface area contributed by atoms with Gasteiger partial charge in [-0.15, -0.1) is 0 Å². The molecule has 220 valence electrons. The largest absolute Gasteiger partial charge is 1.00 e. The van der Waals surface area contributed by atoms with E-state index < -0.39 is 0 Å². The van der Waals surface area contributed by atoms with Crippen molar-refractivity contribution in [3.8, 4) is 11.5 Å². The molecule has 3 rings (SSSR count). The number of halogens is 1. The van der Waals surface area contributed by atoms with Crippen LogP contribution in [-0.2, 0) is 11.3 Å². The van der Waals surface area contributed by atoms with E-state index in [0.29, 0.717) is 12.4 Å². The predicted octanol–water partition coefficient (Wildman–Crippen LogP) is 5.49. The Kier molecular flexibility index (Phi) is 17.3. The first kappa shape index (κ1) is 33.8. The zero-order valence-electron chi connectivity index (χ0n) is 24.3. The average Bonchev–Trinajstić information content (AvgIpc) is 3.34. The lowest BCUT2D eigenvalue weighted by Crippen LogP contribution is -3.00. The average molecular weight is 632 g/mol. The van der Waals surface area contributed by atoms with Crippen LogP contribution in [0.1, 0.15) is 94.5 Å². The van der Waals surface area contributed by atoms with Gasteiger partial charge in [0.25, 0.3) is 5.91 Å². The third kappa shape index (κ3) is 13.8. The van der Waals surface area contributed by atoms with Crippen LogP contribution in [0.4, 0.5) is 5.69 Å². The van der Waals surface area contributed by atoms with Gasteiger partial charge in [0.15, 0.2) is 19.3 Å². The molecule has 0 aliphatic heterocycles. The Morgan fingerprint density at radius 2 is 1.45 bits per heavy atom. The van der Waals surface area contributed by atoms with Crippen LogP contribution in [0.2, 0.25) is 0 Å². The fraction of sp³-hybridized carbons (Fsp3) is 0.515. The van der Waals surface area contributed by atoms with Crippen molar-refractivity contribution in [2.45, 2.75) is 97.4 Å². The fourth-order valence-electron chi connectivity index (χ4n) is 4.62.